The first-order chi connectivity index (χ1) is 8.90. The Hall–Kier alpha value is -1.84. The number of hydrogen-bond donors (Lipinski definition) is 0. The van der Waals surface area contributed by atoms with Gasteiger partial charge >= 0.3 is 0 Å². The van der Waals surface area contributed by atoms with Crippen molar-refractivity contribution in [1.82, 2.24) is 15.0 Å². The molecule has 1 aromatic carbocycles. The van der Waals surface area contributed by atoms with Crippen LogP contribution in [0, 0.1) is 0 Å². The second-order valence-electron chi connectivity index (χ2n) is 4.66. The highest BCUT2D eigenvalue weighted by atomic mass is 16.5. The Labute approximate surface area is 106 Å². The van der Waals surface area contributed by atoms with Gasteiger partial charge in [-0.1, -0.05) is 23.8 Å². The number of aromatic nitrogens is 3. The SMILES string of the molecule is COC(=C1CCCCC1)n1nnc2ccccc21. The Kier molecular flexibility index (Phi) is 3.00. The van der Waals surface area contributed by atoms with Gasteiger partial charge in [0.25, 0.3) is 0 Å². The summed E-state index contributed by atoms with van der Waals surface area (Å²) < 4.78 is 7.41. The summed E-state index contributed by atoms with van der Waals surface area (Å²) >= 11 is 0. The molecule has 1 aliphatic carbocycles. The predicted octanol–water partition coefficient (Wildman–Crippen LogP) is 3.21. The molecule has 1 aliphatic rings. The first-order valence-corrected chi connectivity index (χ1v) is 6.47. The minimum absolute atomic E-state index is 0.864. The van der Waals surface area contributed by atoms with Gasteiger partial charge in [0, 0.05) is 0 Å². The van der Waals surface area contributed by atoms with Crippen molar-refractivity contribution in [1.29, 1.82) is 0 Å². The lowest BCUT2D eigenvalue weighted by atomic mass is 9.95. The zero-order valence-corrected chi connectivity index (χ0v) is 10.6. The summed E-state index contributed by atoms with van der Waals surface area (Å²) in [5.74, 6) is 0.864. The average molecular weight is 243 g/mol. The lowest BCUT2D eigenvalue weighted by Crippen LogP contribution is -2.07. The van der Waals surface area contributed by atoms with Crippen LogP contribution in [-0.2, 0) is 4.74 Å². The minimum atomic E-state index is 0.864. The molecule has 0 aliphatic heterocycles. The number of rotatable bonds is 2. The number of methoxy groups -OCH3 is 1. The molecule has 3 rings (SSSR count). The van der Waals surface area contributed by atoms with Crippen molar-refractivity contribution in [2.45, 2.75) is 32.1 Å². The van der Waals surface area contributed by atoms with Crippen LogP contribution in [0.4, 0.5) is 0 Å². The number of hydrogen-bond acceptors (Lipinski definition) is 3. The van der Waals surface area contributed by atoms with Crippen LogP contribution >= 0.6 is 0 Å². The summed E-state index contributed by atoms with van der Waals surface area (Å²) in [6, 6.07) is 7.97. The highest BCUT2D eigenvalue weighted by Crippen LogP contribution is 2.29. The van der Waals surface area contributed by atoms with Crippen LogP contribution in [0.3, 0.4) is 0 Å². The molecule has 2 aromatic rings. The summed E-state index contributed by atoms with van der Waals surface area (Å²) in [5, 5.41) is 8.41. The Balaban J connectivity index is 2.11. The van der Waals surface area contributed by atoms with E-state index in [0.29, 0.717) is 0 Å². The third kappa shape index (κ3) is 1.88. The van der Waals surface area contributed by atoms with E-state index in [2.05, 4.69) is 10.3 Å². The molecule has 1 saturated carbocycles. The Bertz CT molecular complexity index is 577. The number of allylic oxidation sites excluding steroid dienone is 1. The van der Waals surface area contributed by atoms with Gasteiger partial charge in [-0.25, -0.2) is 0 Å². The average Bonchev–Trinajstić information content (AvgIpc) is 2.85. The fraction of sp³-hybridized carbons (Fsp3) is 0.429. The van der Waals surface area contributed by atoms with Crippen molar-refractivity contribution in [2.24, 2.45) is 0 Å². The fourth-order valence-electron chi connectivity index (χ4n) is 2.59. The first-order valence-electron chi connectivity index (χ1n) is 6.47. The summed E-state index contributed by atoms with van der Waals surface area (Å²) in [5.41, 5.74) is 3.27. The lowest BCUT2D eigenvalue weighted by Gasteiger charge is -2.18. The molecule has 94 valence electrons. The summed E-state index contributed by atoms with van der Waals surface area (Å²) in [6.45, 7) is 0. The van der Waals surface area contributed by atoms with E-state index in [-0.39, 0.29) is 0 Å². The number of ether oxygens (including phenoxy) is 1. The molecule has 0 unspecified atom stereocenters. The molecule has 0 atom stereocenters. The van der Waals surface area contributed by atoms with E-state index in [1.165, 1.54) is 24.8 Å². The van der Waals surface area contributed by atoms with E-state index in [0.717, 1.165) is 29.8 Å². The molecule has 0 N–H and O–H groups in total. The summed E-state index contributed by atoms with van der Waals surface area (Å²) in [4.78, 5) is 0. The van der Waals surface area contributed by atoms with Crippen molar-refractivity contribution in [3.05, 3.63) is 29.8 Å². The quantitative estimate of drug-likeness (QED) is 0.760. The molecule has 0 spiro atoms. The van der Waals surface area contributed by atoms with E-state index in [4.69, 9.17) is 4.74 Å². The largest absolute Gasteiger partial charge is 0.481 e. The fourth-order valence-corrected chi connectivity index (χ4v) is 2.59. The van der Waals surface area contributed by atoms with Crippen molar-refractivity contribution in [2.75, 3.05) is 7.11 Å². The normalized spacial score (nSPS) is 15.9. The zero-order valence-electron chi connectivity index (χ0n) is 10.6. The van der Waals surface area contributed by atoms with Gasteiger partial charge in [-0.05, 0) is 43.4 Å². The summed E-state index contributed by atoms with van der Waals surface area (Å²) in [7, 11) is 1.72. The molecule has 0 bridgehead atoms. The monoisotopic (exact) mass is 243 g/mol. The molecule has 1 aromatic heterocycles. The van der Waals surface area contributed by atoms with E-state index in [1.54, 1.807) is 7.11 Å². The second-order valence-corrected chi connectivity index (χ2v) is 4.66. The number of para-hydroxylation sites is 1. The molecule has 0 amide bonds. The van der Waals surface area contributed by atoms with Crippen molar-refractivity contribution in [3.8, 4) is 0 Å². The van der Waals surface area contributed by atoms with E-state index in [9.17, 15) is 0 Å². The highest BCUT2D eigenvalue weighted by Gasteiger charge is 2.16. The van der Waals surface area contributed by atoms with Gasteiger partial charge in [-0.3, -0.25) is 0 Å². The van der Waals surface area contributed by atoms with Crippen molar-refractivity contribution in [3.63, 3.8) is 0 Å². The molecule has 1 heterocycles. The molecular weight excluding hydrogens is 226 g/mol. The summed E-state index contributed by atoms with van der Waals surface area (Å²) in [6.07, 6.45) is 6.02. The van der Waals surface area contributed by atoms with Gasteiger partial charge in [-0.2, -0.15) is 4.68 Å². The van der Waals surface area contributed by atoms with E-state index >= 15 is 0 Å². The van der Waals surface area contributed by atoms with Crippen LogP contribution in [0.1, 0.15) is 32.1 Å². The Morgan fingerprint density at radius 2 is 1.94 bits per heavy atom. The smallest absolute Gasteiger partial charge is 0.215 e. The van der Waals surface area contributed by atoms with E-state index < -0.39 is 0 Å². The molecular formula is C14H17N3O. The second kappa shape index (κ2) is 4.80. The molecule has 4 heteroatoms. The third-order valence-electron chi connectivity index (χ3n) is 3.50. The van der Waals surface area contributed by atoms with Crippen LogP contribution in [-0.4, -0.2) is 22.1 Å². The van der Waals surface area contributed by atoms with Crippen LogP contribution in [0.15, 0.2) is 29.8 Å². The van der Waals surface area contributed by atoms with Gasteiger partial charge in [0.1, 0.15) is 5.52 Å². The third-order valence-corrected chi connectivity index (χ3v) is 3.50. The Morgan fingerprint density at radius 1 is 1.17 bits per heavy atom. The topological polar surface area (TPSA) is 39.9 Å². The maximum Gasteiger partial charge on any atom is 0.215 e. The van der Waals surface area contributed by atoms with Crippen LogP contribution < -0.4 is 0 Å². The van der Waals surface area contributed by atoms with Gasteiger partial charge in [-0.15, -0.1) is 5.10 Å². The lowest BCUT2D eigenvalue weighted by molar-refractivity contribution is 0.328. The molecule has 4 nitrogen and oxygen atoms in total. The van der Waals surface area contributed by atoms with E-state index in [1.807, 2.05) is 28.9 Å². The van der Waals surface area contributed by atoms with Gasteiger partial charge in [0.15, 0.2) is 0 Å². The standard InChI is InChI=1S/C14H17N3O/c1-18-14(11-7-3-2-4-8-11)17-13-10-6-5-9-12(13)15-16-17/h5-6,9-10H,2-4,7-8H2,1H3. The molecule has 0 saturated heterocycles. The molecule has 0 radical (unpaired) electrons. The van der Waals surface area contributed by atoms with Crippen molar-refractivity contribution < 1.29 is 4.74 Å². The minimum Gasteiger partial charge on any atom is -0.481 e. The van der Waals surface area contributed by atoms with Gasteiger partial charge in [0.2, 0.25) is 5.88 Å². The predicted molar refractivity (Wildman–Crippen MR) is 70.8 cm³/mol. The number of fused-ring (bicyclic) bond motifs is 1. The van der Waals surface area contributed by atoms with Crippen molar-refractivity contribution >= 4 is 16.9 Å². The molecule has 18 heavy (non-hydrogen) atoms. The van der Waals surface area contributed by atoms with Gasteiger partial charge in [0.05, 0.1) is 12.6 Å². The number of nitrogens with zero attached hydrogens (tertiary/aromatic N) is 3. The van der Waals surface area contributed by atoms with Crippen LogP contribution in [0.25, 0.3) is 16.9 Å². The van der Waals surface area contributed by atoms with Crippen LogP contribution in [0.5, 0.6) is 0 Å². The van der Waals surface area contributed by atoms with Crippen LogP contribution in [0.2, 0.25) is 0 Å². The zero-order chi connectivity index (χ0) is 12.4. The first kappa shape index (κ1) is 11.3. The molecule has 1 fully saturated rings. The van der Waals surface area contributed by atoms with Gasteiger partial charge < -0.3 is 4.74 Å². The maximum absolute atomic E-state index is 5.58. The number of benzene rings is 1. The highest BCUT2D eigenvalue weighted by molar-refractivity contribution is 5.77. The Morgan fingerprint density at radius 3 is 2.72 bits per heavy atom. The maximum atomic E-state index is 5.58.